The van der Waals surface area contributed by atoms with Gasteiger partial charge >= 0.3 is 0 Å². The van der Waals surface area contributed by atoms with Gasteiger partial charge in [-0.05, 0) is 25.1 Å². The van der Waals surface area contributed by atoms with Crippen LogP contribution in [-0.4, -0.2) is 30.1 Å². The van der Waals surface area contributed by atoms with Gasteiger partial charge in [-0.2, -0.15) is 0 Å². The predicted molar refractivity (Wildman–Crippen MR) is 95.5 cm³/mol. The van der Waals surface area contributed by atoms with Gasteiger partial charge in [-0.1, -0.05) is 36.4 Å². The van der Waals surface area contributed by atoms with Crippen molar-refractivity contribution in [2.24, 2.45) is 4.99 Å². The molecule has 1 amide bonds. The van der Waals surface area contributed by atoms with Gasteiger partial charge in [-0.25, -0.2) is 22.6 Å². The van der Waals surface area contributed by atoms with Crippen molar-refractivity contribution in [1.82, 2.24) is 5.32 Å². The molecule has 8 heteroatoms. The maximum Gasteiger partial charge on any atom is 0.293 e. The Morgan fingerprint density at radius 3 is 2.36 bits per heavy atom. The van der Waals surface area contributed by atoms with Gasteiger partial charge in [0.2, 0.25) is 0 Å². The lowest BCUT2D eigenvalue weighted by molar-refractivity contribution is -0.138. The van der Waals surface area contributed by atoms with E-state index in [2.05, 4.69) is 10.3 Å². The van der Waals surface area contributed by atoms with Crippen molar-refractivity contribution in [2.45, 2.75) is 37.6 Å². The number of carbonyl (C=O) groups is 1. The number of ether oxygens (including phenoxy) is 1. The second-order valence-electron chi connectivity index (χ2n) is 6.76. The lowest BCUT2D eigenvalue weighted by atomic mass is 9.82. The Balaban J connectivity index is 2.03. The van der Waals surface area contributed by atoms with Crippen molar-refractivity contribution in [1.29, 1.82) is 0 Å². The van der Waals surface area contributed by atoms with Gasteiger partial charge in [0.25, 0.3) is 17.9 Å². The van der Waals surface area contributed by atoms with E-state index < -0.39 is 41.5 Å². The summed E-state index contributed by atoms with van der Waals surface area (Å²) in [6.45, 7) is 1.68. The van der Waals surface area contributed by atoms with Gasteiger partial charge in [0, 0.05) is 18.1 Å². The maximum atomic E-state index is 15.1. The minimum Gasteiger partial charge on any atom is -0.452 e. The van der Waals surface area contributed by atoms with E-state index in [1.54, 1.807) is 18.2 Å². The second-order valence-corrected chi connectivity index (χ2v) is 6.76. The maximum absolute atomic E-state index is 15.1. The molecule has 2 aromatic carbocycles. The minimum absolute atomic E-state index is 0.216. The number of amides is 1. The number of hydrogen-bond acceptors (Lipinski definition) is 3. The first-order chi connectivity index (χ1) is 13.1. The molecule has 0 radical (unpaired) electrons. The quantitative estimate of drug-likeness (QED) is 0.793. The summed E-state index contributed by atoms with van der Waals surface area (Å²) < 4.78 is 62.5. The minimum atomic E-state index is -3.61. The highest BCUT2D eigenvalue weighted by Gasteiger charge is 2.55. The first kappa shape index (κ1) is 19.9. The second kappa shape index (κ2) is 7.26. The Kier molecular flexibility index (Phi) is 5.14. The Morgan fingerprint density at radius 1 is 1.14 bits per heavy atom. The Bertz CT molecular complexity index is 899. The third-order valence-corrected chi connectivity index (χ3v) is 4.55. The number of rotatable bonds is 3. The van der Waals surface area contributed by atoms with Gasteiger partial charge in [0.05, 0.1) is 0 Å². The Hall–Kier alpha value is -2.90. The molecule has 0 aromatic heterocycles. The first-order valence-electron chi connectivity index (χ1n) is 8.53. The fraction of sp³-hybridized carbons (Fsp3) is 0.300. The van der Waals surface area contributed by atoms with Gasteiger partial charge < -0.3 is 4.74 Å². The average molecular weight is 394 g/mol. The molecule has 148 valence electrons. The molecule has 0 aliphatic carbocycles. The van der Waals surface area contributed by atoms with Gasteiger partial charge in [0.15, 0.2) is 12.3 Å². The van der Waals surface area contributed by atoms with Gasteiger partial charge in [-0.3, -0.25) is 10.1 Å². The van der Waals surface area contributed by atoms with E-state index >= 15 is 4.39 Å². The highest BCUT2D eigenvalue weighted by Crippen LogP contribution is 2.42. The number of halogens is 4. The van der Waals surface area contributed by atoms with E-state index in [9.17, 15) is 18.0 Å². The zero-order chi connectivity index (χ0) is 20.5. The molecular weight excluding hydrogens is 376 g/mol. The fourth-order valence-corrected chi connectivity index (χ4v) is 3.03. The summed E-state index contributed by atoms with van der Waals surface area (Å²) in [4.78, 5) is 16.3. The van der Waals surface area contributed by atoms with E-state index in [0.717, 1.165) is 6.07 Å². The zero-order valence-electron chi connectivity index (χ0n) is 15.1. The highest BCUT2D eigenvalue weighted by molar-refractivity contribution is 6.04. The monoisotopic (exact) mass is 394 g/mol. The molecule has 1 aliphatic heterocycles. The van der Waals surface area contributed by atoms with E-state index in [-0.39, 0.29) is 11.1 Å². The van der Waals surface area contributed by atoms with E-state index in [0.29, 0.717) is 6.92 Å². The van der Waals surface area contributed by atoms with Crippen molar-refractivity contribution >= 4 is 11.9 Å². The summed E-state index contributed by atoms with van der Waals surface area (Å²) in [7, 11) is 0. The van der Waals surface area contributed by atoms with E-state index in [1.165, 1.54) is 37.3 Å². The van der Waals surface area contributed by atoms with E-state index in [4.69, 9.17) is 4.74 Å². The van der Waals surface area contributed by atoms with Crippen LogP contribution in [0.25, 0.3) is 0 Å². The standard InChI is InChI=1S/C20H18F4N2O2/c1-19(13-10-6-7-11-14(13)21)15(22)16(20(2,23)24)28-18(26-19)25-17(27)12-8-4-3-5-9-12/h3-11,15-16H,1-2H3,(H,25,26,27)/t15-,16-,19+/m0/s1. The largest absolute Gasteiger partial charge is 0.452 e. The number of aliphatic imine (C=N–C) groups is 1. The molecule has 3 atom stereocenters. The van der Waals surface area contributed by atoms with Crippen molar-refractivity contribution in [3.63, 3.8) is 0 Å². The molecule has 1 aliphatic rings. The third-order valence-electron chi connectivity index (χ3n) is 4.55. The third kappa shape index (κ3) is 3.72. The van der Waals surface area contributed by atoms with Crippen LogP contribution in [0.5, 0.6) is 0 Å². The van der Waals surface area contributed by atoms with Crippen LogP contribution in [-0.2, 0) is 10.3 Å². The molecule has 0 spiro atoms. The van der Waals surface area contributed by atoms with Crippen molar-refractivity contribution < 1.29 is 27.1 Å². The van der Waals surface area contributed by atoms with Crippen LogP contribution in [0.2, 0.25) is 0 Å². The van der Waals surface area contributed by atoms with Crippen LogP contribution in [0.15, 0.2) is 59.6 Å². The lowest BCUT2D eigenvalue weighted by Gasteiger charge is -2.40. The number of carbonyl (C=O) groups excluding carboxylic acids is 1. The average Bonchev–Trinajstić information content (AvgIpc) is 2.64. The zero-order valence-corrected chi connectivity index (χ0v) is 15.1. The Labute approximate surface area is 159 Å². The molecule has 0 unspecified atom stereocenters. The molecule has 0 saturated heterocycles. The van der Waals surface area contributed by atoms with Gasteiger partial charge in [0.1, 0.15) is 11.4 Å². The molecular formula is C20H18F4N2O2. The summed E-state index contributed by atoms with van der Waals surface area (Å²) in [5.74, 6) is -5.08. The number of nitrogens with zero attached hydrogens (tertiary/aromatic N) is 1. The highest BCUT2D eigenvalue weighted by atomic mass is 19.3. The van der Waals surface area contributed by atoms with Gasteiger partial charge in [-0.15, -0.1) is 0 Å². The van der Waals surface area contributed by atoms with Crippen LogP contribution < -0.4 is 5.32 Å². The molecule has 0 bridgehead atoms. The molecule has 1 heterocycles. The Morgan fingerprint density at radius 2 is 1.75 bits per heavy atom. The summed E-state index contributed by atoms with van der Waals surface area (Å²) in [5.41, 5.74) is -2.01. The van der Waals surface area contributed by atoms with Crippen molar-refractivity contribution in [3.05, 3.63) is 71.5 Å². The number of alkyl halides is 3. The van der Waals surface area contributed by atoms with Crippen LogP contribution >= 0.6 is 0 Å². The lowest BCUT2D eigenvalue weighted by Crippen LogP contribution is -2.56. The summed E-state index contributed by atoms with van der Waals surface area (Å²) in [6.07, 6.45) is -4.62. The molecule has 2 aromatic rings. The number of hydrogen-bond donors (Lipinski definition) is 1. The number of amidine groups is 1. The topological polar surface area (TPSA) is 50.7 Å². The van der Waals surface area contributed by atoms with Crippen LogP contribution in [0.1, 0.15) is 29.8 Å². The fourth-order valence-electron chi connectivity index (χ4n) is 3.03. The number of nitrogens with one attached hydrogen (secondary N) is 1. The summed E-state index contributed by atoms with van der Waals surface area (Å²) in [5, 5.41) is 2.27. The number of benzene rings is 2. The van der Waals surface area contributed by atoms with E-state index in [1.807, 2.05) is 0 Å². The summed E-state index contributed by atoms with van der Waals surface area (Å²) >= 11 is 0. The molecule has 1 N–H and O–H groups in total. The van der Waals surface area contributed by atoms with Crippen LogP contribution in [0, 0.1) is 5.82 Å². The molecule has 0 saturated carbocycles. The smallest absolute Gasteiger partial charge is 0.293 e. The predicted octanol–water partition coefficient (Wildman–Crippen LogP) is 4.22. The van der Waals surface area contributed by atoms with Crippen LogP contribution in [0.3, 0.4) is 0 Å². The molecule has 4 nitrogen and oxygen atoms in total. The molecule has 3 rings (SSSR count). The SMILES string of the molecule is CC(F)(F)[C@H]1OC(NC(=O)c2ccccc2)=N[C@](C)(c2ccccc2F)[C@H]1F. The van der Waals surface area contributed by atoms with Crippen molar-refractivity contribution in [2.75, 3.05) is 0 Å². The molecule has 0 fully saturated rings. The first-order valence-corrected chi connectivity index (χ1v) is 8.53. The van der Waals surface area contributed by atoms with Crippen LogP contribution in [0.4, 0.5) is 17.6 Å². The normalized spacial score (nSPS) is 24.9. The summed E-state index contributed by atoms with van der Waals surface area (Å²) in [6, 6.07) is 12.5. The molecule has 28 heavy (non-hydrogen) atoms. The van der Waals surface area contributed by atoms with Crippen molar-refractivity contribution in [3.8, 4) is 0 Å².